The van der Waals surface area contributed by atoms with Crippen LogP contribution in [0.4, 0.5) is 0 Å². The van der Waals surface area contributed by atoms with E-state index in [1.165, 1.54) is 16.7 Å². The minimum Gasteiger partial charge on any atom is -0.493 e. The van der Waals surface area contributed by atoms with Crippen molar-refractivity contribution in [3.05, 3.63) is 112 Å². The van der Waals surface area contributed by atoms with E-state index in [0.29, 0.717) is 13.2 Å². The zero-order chi connectivity index (χ0) is 29.9. The lowest BCUT2D eigenvalue weighted by Crippen LogP contribution is -2.31. The molecule has 0 saturated heterocycles. The topological polar surface area (TPSA) is 40.2 Å². The van der Waals surface area contributed by atoms with E-state index in [0.717, 1.165) is 65.5 Å². The maximum absolute atomic E-state index is 6.21. The number of rotatable bonds is 10. The van der Waals surface area contributed by atoms with E-state index >= 15 is 0 Å². The van der Waals surface area contributed by atoms with Crippen LogP contribution in [0.25, 0.3) is 6.08 Å². The molecule has 2 aliphatic rings. The molecule has 42 heavy (non-hydrogen) atoms. The number of ether oxygens (including phenoxy) is 4. The van der Waals surface area contributed by atoms with E-state index < -0.39 is 0 Å². The summed E-state index contributed by atoms with van der Waals surface area (Å²) in [6, 6.07) is 18.8. The predicted molar refractivity (Wildman–Crippen MR) is 173 cm³/mol. The molecule has 0 aromatic heterocycles. The lowest BCUT2D eigenvalue weighted by Gasteiger charge is -2.33. The normalized spacial score (nSPS) is 16.2. The van der Waals surface area contributed by atoms with Crippen LogP contribution in [0.5, 0.6) is 23.0 Å². The van der Waals surface area contributed by atoms with Gasteiger partial charge in [-0.05, 0) is 90.9 Å². The van der Waals surface area contributed by atoms with Gasteiger partial charge in [0.1, 0.15) is 13.2 Å². The summed E-state index contributed by atoms with van der Waals surface area (Å²) in [6.07, 6.45) is 14.2. The van der Waals surface area contributed by atoms with Crippen molar-refractivity contribution in [2.24, 2.45) is 0 Å². The molecule has 0 bridgehead atoms. The van der Waals surface area contributed by atoms with Gasteiger partial charge in [0.05, 0.1) is 20.3 Å². The van der Waals surface area contributed by atoms with Crippen LogP contribution in [0.15, 0.2) is 84.5 Å². The molecule has 0 fully saturated rings. The molecule has 5 heteroatoms. The number of benzene rings is 3. The quantitative estimate of drug-likeness (QED) is 0.246. The molecule has 1 aliphatic carbocycles. The van der Waals surface area contributed by atoms with Crippen LogP contribution in [-0.2, 0) is 13.0 Å². The molecule has 5 rings (SSSR count). The van der Waals surface area contributed by atoms with Crippen LogP contribution in [0.2, 0.25) is 0 Å². The molecule has 1 heterocycles. The van der Waals surface area contributed by atoms with Crippen LogP contribution in [0.3, 0.4) is 0 Å². The Bertz CT molecular complexity index is 1410. The molecule has 3 aromatic carbocycles. The van der Waals surface area contributed by atoms with Crippen molar-refractivity contribution < 1.29 is 18.9 Å². The van der Waals surface area contributed by atoms with Crippen LogP contribution in [-0.4, -0.2) is 39.3 Å². The van der Waals surface area contributed by atoms with E-state index in [2.05, 4.69) is 85.6 Å². The minimum atomic E-state index is 0.115. The summed E-state index contributed by atoms with van der Waals surface area (Å²) >= 11 is 0. The van der Waals surface area contributed by atoms with Gasteiger partial charge in [-0.1, -0.05) is 74.6 Å². The highest BCUT2D eigenvalue weighted by atomic mass is 16.5. The summed E-state index contributed by atoms with van der Waals surface area (Å²) < 4.78 is 23.8. The van der Waals surface area contributed by atoms with Crippen LogP contribution >= 0.6 is 0 Å². The van der Waals surface area contributed by atoms with Crippen molar-refractivity contribution in [1.82, 2.24) is 4.90 Å². The van der Waals surface area contributed by atoms with Gasteiger partial charge in [0, 0.05) is 6.54 Å². The second kappa shape index (κ2) is 15.3. The van der Waals surface area contributed by atoms with Crippen LogP contribution in [0.1, 0.15) is 60.5 Å². The van der Waals surface area contributed by atoms with E-state index in [1.807, 2.05) is 32.0 Å². The highest BCUT2D eigenvalue weighted by Gasteiger charge is 2.25. The fourth-order valence-corrected chi connectivity index (χ4v) is 5.30. The van der Waals surface area contributed by atoms with Gasteiger partial charge in [0.15, 0.2) is 23.0 Å². The number of hydrogen-bond donors (Lipinski definition) is 0. The molecular weight excluding hydrogens is 522 g/mol. The highest BCUT2D eigenvalue weighted by molar-refractivity contribution is 5.61. The molecule has 1 atom stereocenters. The van der Waals surface area contributed by atoms with E-state index in [-0.39, 0.29) is 6.04 Å². The second-order valence-electron chi connectivity index (χ2n) is 10.4. The number of fused-ring (bicyclic) bond motifs is 1. The Kier molecular flexibility index (Phi) is 11.3. The molecule has 0 N–H and O–H groups in total. The number of aryl methyl sites for hydroxylation is 1. The summed E-state index contributed by atoms with van der Waals surface area (Å²) in [5.74, 6) is 3.05. The molecule has 0 radical (unpaired) electrons. The SMILES string of the molecule is CC.COc1cc(C)c(/C=C/C2c3cc(OC)c(OCc4ccccc4)cc3CCN2C)cc1OCC1=CCCC=C1. The third-order valence-electron chi connectivity index (χ3n) is 7.67. The monoisotopic (exact) mass is 567 g/mol. The first-order valence-corrected chi connectivity index (χ1v) is 15.0. The third kappa shape index (κ3) is 7.65. The van der Waals surface area contributed by atoms with Gasteiger partial charge < -0.3 is 18.9 Å². The van der Waals surface area contributed by atoms with Crippen molar-refractivity contribution in [2.75, 3.05) is 34.4 Å². The van der Waals surface area contributed by atoms with Crippen LogP contribution in [0, 0.1) is 6.92 Å². The molecule has 222 valence electrons. The molecule has 3 aromatic rings. The average Bonchev–Trinajstić information content (AvgIpc) is 3.04. The molecular formula is C37H45NO4. The minimum absolute atomic E-state index is 0.115. The first-order chi connectivity index (χ1) is 20.6. The molecule has 0 saturated carbocycles. The Morgan fingerprint density at radius 3 is 2.29 bits per heavy atom. The molecule has 5 nitrogen and oxygen atoms in total. The van der Waals surface area contributed by atoms with Crippen molar-refractivity contribution in [1.29, 1.82) is 0 Å². The largest absolute Gasteiger partial charge is 0.493 e. The van der Waals surface area contributed by atoms with Gasteiger partial charge in [-0.15, -0.1) is 0 Å². The fourth-order valence-electron chi connectivity index (χ4n) is 5.30. The summed E-state index contributed by atoms with van der Waals surface area (Å²) in [5, 5.41) is 0. The Balaban J connectivity index is 0.00000198. The van der Waals surface area contributed by atoms with Gasteiger partial charge in [-0.2, -0.15) is 0 Å². The number of methoxy groups -OCH3 is 2. The number of allylic oxidation sites excluding steroid dienone is 2. The van der Waals surface area contributed by atoms with Crippen molar-refractivity contribution in [3.63, 3.8) is 0 Å². The van der Waals surface area contributed by atoms with Gasteiger partial charge >= 0.3 is 0 Å². The zero-order valence-electron chi connectivity index (χ0n) is 26.0. The Morgan fingerprint density at radius 1 is 0.857 bits per heavy atom. The Labute approximate surface area is 252 Å². The standard InChI is InChI=1S/C35H39NO4.C2H6/c1-25-19-32(37-3)34(39-23-26-11-7-5-8-12-26)20-28(25)15-16-31-30-22-33(38-4)35(21-29(30)17-18-36(31)2)40-24-27-13-9-6-10-14-27;1-2/h6-7,9-16,19-22,31H,5,8,17-18,23-24H2,1-4H3;1-2H3/b16-15+;. The van der Waals surface area contributed by atoms with Crippen LogP contribution < -0.4 is 18.9 Å². The van der Waals surface area contributed by atoms with E-state index in [1.54, 1.807) is 14.2 Å². The average molecular weight is 568 g/mol. The summed E-state index contributed by atoms with van der Waals surface area (Å²) in [4.78, 5) is 2.38. The maximum Gasteiger partial charge on any atom is 0.162 e. The van der Waals surface area contributed by atoms with Crippen molar-refractivity contribution >= 4 is 6.08 Å². The Morgan fingerprint density at radius 2 is 1.57 bits per heavy atom. The molecule has 1 unspecified atom stereocenters. The smallest absolute Gasteiger partial charge is 0.162 e. The van der Waals surface area contributed by atoms with Gasteiger partial charge in [-0.25, -0.2) is 0 Å². The highest BCUT2D eigenvalue weighted by Crippen LogP contribution is 2.39. The van der Waals surface area contributed by atoms with Gasteiger partial charge in [-0.3, -0.25) is 4.90 Å². The zero-order valence-corrected chi connectivity index (χ0v) is 26.0. The lowest BCUT2D eigenvalue weighted by atomic mass is 9.91. The summed E-state index contributed by atoms with van der Waals surface area (Å²) in [6.45, 7) is 8.11. The number of likely N-dealkylation sites (N-methyl/N-ethyl adjacent to an activating group) is 1. The fraction of sp³-hybridized carbons (Fsp3) is 0.351. The molecule has 0 amide bonds. The van der Waals surface area contributed by atoms with E-state index in [4.69, 9.17) is 18.9 Å². The Hall–Kier alpha value is -3.96. The van der Waals surface area contributed by atoms with Crippen molar-refractivity contribution in [3.8, 4) is 23.0 Å². The molecule has 1 aliphatic heterocycles. The van der Waals surface area contributed by atoms with Gasteiger partial charge in [0.25, 0.3) is 0 Å². The first-order valence-electron chi connectivity index (χ1n) is 15.0. The number of nitrogens with zero attached hydrogens (tertiary/aromatic N) is 1. The summed E-state index contributed by atoms with van der Waals surface area (Å²) in [5.41, 5.74) is 7.12. The van der Waals surface area contributed by atoms with Crippen molar-refractivity contribution in [2.45, 2.75) is 52.7 Å². The first kappa shape index (κ1) is 31.0. The molecule has 0 spiro atoms. The third-order valence-corrected chi connectivity index (χ3v) is 7.67. The number of hydrogen-bond acceptors (Lipinski definition) is 5. The predicted octanol–water partition coefficient (Wildman–Crippen LogP) is 8.52. The van der Waals surface area contributed by atoms with Gasteiger partial charge in [0.2, 0.25) is 0 Å². The second-order valence-corrected chi connectivity index (χ2v) is 10.4. The summed E-state index contributed by atoms with van der Waals surface area (Å²) in [7, 11) is 5.57. The lowest BCUT2D eigenvalue weighted by molar-refractivity contribution is 0.264. The van der Waals surface area contributed by atoms with E-state index in [9.17, 15) is 0 Å². The maximum atomic E-state index is 6.21.